The van der Waals surface area contributed by atoms with Crippen LogP contribution in [0.25, 0.3) is 0 Å². The van der Waals surface area contributed by atoms with Crippen LogP contribution < -0.4 is 0 Å². The molecule has 0 N–H and O–H groups in total. The predicted octanol–water partition coefficient (Wildman–Crippen LogP) is 3.86. The quantitative estimate of drug-likeness (QED) is 0.799. The molecule has 1 heterocycles. The number of hydrogen-bond donors (Lipinski definition) is 0. The van der Waals surface area contributed by atoms with E-state index in [9.17, 15) is 8.42 Å². The van der Waals surface area contributed by atoms with Gasteiger partial charge in [0.2, 0.25) is 10.0 Å². The molecule has 1 aromatic carbocycles. The van der Waals surface area contributed by atoms with Gasteiger partial charge in [0.05, 0.1) is 4.90 Å². The minimum Gasteiger partial charge on any atom is -0.207 e. The molecule has 1 fully saturated rings. The van der Waals surface area contributed by atoms with Crippen LogP contribution in [-0.4, -0.2) is 18.8 Å². The molecule has 2 aromatic rings. The number of nitrogens with zero attached hydrogens (tertiary/aromatic N) is 1. The van der Waals surface area contributed by atoms with E-state index >= 15 is 0 Å². The largest absolute Gasteiger partial charge is 0.243 e. The van der Waals surface area contributed by atoms with Crippen molar-refractivity contribution >= 4 is 37.3 Å². The molecular formula is C14H14BrNO2S2. The summed E-state index contributed by atoms with van der Waals surface area (Å²) < 4.78 is 28.0. The molecule has 0 aliphatic heterocycles. The Morgan fingerprint density at radius 1 is 1.20 bits per heavy atom. The second kappa shape index (κ2) is 5.60. The maximum atomic E-state index is 12.8. The summed E-state index contributed by atoms with van der Waals surface area (Å²) in [5, 5.41) is 3.99. The van der Waals surface area contributed by atoms with E-state index in [0.717, 1.165) is 22.9 Å². The minimum atomic E-state index is -3.41. The number of rotatable bonds is 5. The fraction of sp³-hybridized carbons (Fsp3) is 0.286. The Balaban J connectivity index is 1.91. The lowest BCUT2D eigenvalue weighted by atomic mass is 10.3. The molecule has 6 heteroatoms. The van der Waals surface area contributed by atoms with Gasteiger partial charge in [-0.2, -0.15) is 15.6 Å². The summed E-state index contributed by atoms with van der Waals surface area (Å²) in [4.78, 5) is 0.364. The van der Waals surface area contributed by atoms with Crippen molar-refractivity contribution in [2.24, 2.45) is 0 Å². The first-order valence-electron chi connectivity index (χ1n) is 6.36. The van der Waals surface area contributed by atoms with Crippen molar-refractivity contribution in [3.63, 3.8) is 0 Å². The number of hydrogen-bond acceptors (Lipinski definition) is 3. The fourth-order valence-corrected chi connectivity index (χ4v) is 4.67. The smallest absolute Gasteiger partial charge is 0.207 e. The van der Waals surface area contributed by atoms with Crippen molar-refractivity contribution in [1.29, 1.82) is 0 Å². The third-order valence-corrected chi connectivity index (χ3v) is 6.47. The van der Waals surface area contributed by atoms with E-state index in [1.165, 1.54) is 0 Å². The van der Waals surface area contributed by atoms with Crippen LogP contribution in [0.4, 0.5) is 0 Å². The molecule has 0 spiro atoms. The Kier molecular flexibility index (Phi) is 3.99. The van der Waals surface area contributed by atoms with Gasteiger partial charge in [0, 0.05) is 17.1 Å². The van der Waals surface area contributed by atoms with Gasteiger partial charge in [0.15, 0.2) is 0 Å². The Hall–Kier alpha value is -0.690. The highest BCUT2D eigenvalue weighted by atomic mass is 79.9. The van der Waals surface area contributed by atoms with Crippen LogP contribution in [0.15, 0.2) is 50.5 Å². The first kappa shape index (κ1) is 14.3. The Labute approximate surface area is 131 Å². The van der Waals surface area contributed by atoms with Gasteiger partial charge in [-0.1, -0.05) is 15.9 Å². The average Bonchev–Trinajstić information content (AvgIpc) is 3.12. The summed E-state index contributed by atoms with van der Waals surface area (Å²) in [5.74, 6) is 0. The molecule has 1 aliphatic rings. The number of halogens is 1. The van der Waals surface area contributed by atoms with E-state index in [4.69, 9.17) is 0 Å². The summed E-state index contributed by atoms with van der Waals surface area (Å²) in [6.45, 7) is 0.465. The van der Waals surface area contributed by atoms with Crippen molar-refractivity contribution in [3.05, 3.63) is 51.1 Å². The zero-order chi connectivity index (χ0) is 14.2. The maximum Gasteiger partial charge on any atom is 0.243 e. The van der Waals surface area contributed by atoms with Crippen molar-refractivity contribution < 1.29 is 8.42 Å². The van der Waals surface area contributed by atoms with Crippen LogP contribution in [0.1, 0.15) is 18.4 Å². The van der Waals surface area contributed by atoms with Crippen molar-refractivity contribution in [2.75, 3.05) is 0 Å². The molecule has 0 saturated heterocycles. The lowest BCUT2D eigenvalue weighted by molar-refractivity contribution is 0.399. The normalized spacial score (nSPS) is 15.7. The Bertz CT molecular complexity index is 676. The molecule has 0 unspecified atom stereocenters. The fourth-order valence-electron chi connectivity index (χ4n) is 2.08. The highest BCUT2D eigenvalue weighted by Crippen LogP contribution is 2.34. The van der Waals surface area contributed by atoms with E-state index in [1.807, 2.05) is 16.8 Å². The van der Waals surface area contributed by atoms with Gasteiger partial charge in [0.25, 0.3) is 0 Å². The van der Waals surface area contributed by atoms with Gasteiger partial charge in [-0.3, -0.25) is 0 Å². The average molecular weight is 372 g/mol. The molecular weight excluding hydrogens is 358 g/mol. The molecule has 1 aromatic heterocycles. The molecule has 0 atom stereocenters. The zero-order valence-corrected chi connectivity index (χ0v) is 13.9. The second-order valence-corrected chi connectivity index (χ2v) is 8.45. The Morgan fingerprint density at radius 3 is 2.45 bits per heavy atom. The summed E-state index contributed by atoms with van der Waals surface area (Å²) in [7, 11) is -3.41. The van der Waals surface area contributed by atoms with Crippen LogP contribution in [0.5, 0.6) is 0 Å². The monoisotopic (exact) mass is 371 g/mol. The van der Waals surface area contributed by atoms with Crippen LogP contribution in [0, 0.1) is 0 Å². The van der Waals surface area contributed by atoms with E-state index in [0.29, 0.717) is 11.4 Å². The van der Waals surface area contributed by atoms with Crippen LogP contribution in [-0.2, 0) is 16.6 Å². The summed E-state index contributed by atoms with van der Waals surface area (Å²) >= 11 is 4.93. The summed E-state index contributed by atoms with van der Waals surface area (Å²) in [5.41, 5.74) is 1.06. The van der Waals surface area contributed by atoms with Crippen molar-refractivity contribution in [1.82, 2.24) is 4.31 Å². The predicted molar refractivity (Wildman–Crippen MR) is 84.2 cm³/mol. The molecule has 3 rings (SSSR count). The SMILES string of the molecule is O=S(=O)(c1ccc(Br)cc1)N(Cc1ccsc1)C1CC1. The molecule has 1 aliphatic carbocycles. The number of benzene rings is 1. The number of sulfonamides is 1. The highest BCUT2D eigenvalue weighted by molar-refractivity contribution is 9.10. The molecule has 0 amide bonds. The Morgan fingerprint density at radius 2 is 1.90 bits per heavy atom. The minimum absolute atomic E-state index is 0.156. The van der Waals surface area contributed by atoms with Gasteiger partial charge in [-0.15, -0.1) is 0 Å². The van der Waals surface area contributed by atoms with Gasteiger partial charge in [-0.25, -0.2) is 8.42 Å². The second-order valence-electron chi connectivity index (χ2n) is 4.87. The lowest BCUT2D eigenvalue weighted by Gasteiger charge is -2.21. The van der Waals surface area contributed by atoms with E-state index in [-0.39, 0.29) is 6.04 Å². The zero-order valence-electron chi connectivity index (χ0n) is 10.7. The van der Waals surface area contributed by atoms with E-state index < -0.39 is 10.0 Å². The van der Waals surface area contributed by atoms with Crippen LogP contribution in [0.3, 0.4) is 0 Å². The maximum absolute atomic E-state index is 12.8. The summed E-state index contributed by atoms with van der Waals surface area (Å²) in [6.07, 6.45) is 1.92. The highest BCUT2D eigenvalue weighted by Gasteiger charge is 2.38. The molecule has 3 nitrogen and oxygen atoms in total. The van der Waals surface area contributed by atoms with Gasteiger partial charge in [0.1, 0.15) is 0 Å². The summed E-state index contributed by atoms with van der Waals surface area (Å²) in [6, 6.07) is 8.98. The molecule has 0 radical (unpaired) electrons. The topological polar surface area (TPSA) is 37.4 Å². The lowest BCUT2D eigenvalue weighted by Crippen LogP contribution is -2.32. The van der Waals surface area contributed by atoms with Crippen LogP contribution >= 0.6 is 27.3 Å². The third-order valence-electron chi connectivity index (χ3n) is 3.29. The van der Waals surface area contributed by atoms with Crippen molar-refractivity contribution in [3.8, 4) is 0 Å². The molecule has 20 heavy (non-hydrogen) atoms. The van der Waals surface area contributed by atoms with Crippen LogP contribution in [0.2, 0.25) is 0 Å². The van der Waals surface area contributed by atoms with E-state index in [2.05, 4.69) is 15.9 Å². The molecule has 0 bridgehead atoms. The molecule has 106 valence electrons. The van der Waals surface area contributed by atoms with E-state index in [1.54, 1.807) is 39.9 Å². The first-order valence-corrected chi connectivity index (χ1v) is 9.53. The number of thiophene rings is 1. The van der Waals surface area contributed by atoms with Crippen molar-refractivity contribution in [2.45, 2.75) is 30.3 Å². The van der Waals surface area contributed by atoms with Gasteiger partial charge >= 0.3 is 0 Å². The molecule has 1 saturated carbocycles. The van der Waals surface area contributed by atoms with Gasteiger partial charge in [-0.05, 0) is 59.5 Å². The first-order chi connectivity index (χ1) is 9.57. The van der Waals surface area contributed by atoms with Gasteiger partial charge < -0.3 is 0 Å². The third kappa shape index (κ3) is 2.98. The standard InChI is InChI=1S/C14H14BrNO2S2/c15-12-1-5-14(6-2-12)20(17,18)16(13-3-4-13)9-11-7-8-19-10-11/h1-2,5-8,10,13H,3-4,9H2.